The minimum absolute atomic E-state index is 0.170. The first-order valence-electron chi connectivity index (χ1n) is 10.6. The van der Waals surface area contributed by atoms with Crippen LogP contribution in [0.5, 0.6) is 5.75 Å². The molecule has 3 aromatic rings. The molecule has 34 heavy (non-hydrogen) atoms. The number of piperidine rings is 1. The first kappa shape index (κ1) is 23.0. The van der Waals surface area contributed by atoms with E-state index in [0.29, 0.717) is 23.8 Å². The summed E-state index contributed by atoms with van der Waals surface area (Å²) in [5.41, 5.74) is 0.742. The van der Waals surface area contributed by atoms with Crippen molar-refractivity contribution in [2.45, 2.75) is 32.2 Å². The summed E-state index contributed by atoms with van der Waals surface area (Å²) in [5.74, 6) is 0.765. The number of hydrogen-bond donors (Lipinski definition) is 2. The van der Waals surface area contributed by atoms with Crippen molar-refractivity contribution >= 4 is 17.7 Å². The van der Waals surface area contributed by atoms with Crippen LogP contribution in [0.4, 0.5) is 16.2 Å². The Kier molecular flexibility index (Phi) is 6.88. The van der Waals surface area contributed by atoms with Crippen LogP contribution in [0.25, 0.3) is 11.4 Å². The predicted octanol–water partition coefficient (Wildman–Crippen LogP) is 1.08. The zero-order chi connectivity index (χ0) is 24.1. The lowest BCUT2D eigenvalue weighted by atomic mass is 10.0. The highest BCUT2D eigenvalue weighted by Gasteiger charge is 2.33. The Morgan fingerprint density at radius 1 is 1.41 bits per heavy atom. The molecule has 1 fully saturated rings. The van der Waals surface area contributed by atoms with Crippen molar-refractivity contribution in [2.75, 3.05) is 25.0 Å². The van der Waals surface area contributed by atoms with Crippen molar-refractivity contribution in [2.24, 2.45) is 0 Å². The number of carbonyl (C=O) groups excluding carboxylic acids is 1. The number of nitriles is 1. The van der Waals surface area contributed by atoms with Gasteiger partial charge in [-0.1, -0.05) is 5.21 Å². The van der Waals surface area contributed by atoms with E-state index < -0.39 is 24.8 Å². The fourth-order valence-corrected chi connectivity index (χ4v) is 3.49. The molecule has 1 aliphatic rings. The summed E-state index contributed by atoms with van der Waals surface area (Å²) >= 11 is 0. The third-order valence-corrected chi connectivity index (χ3v) is 5.28. The van der Waals surface area contributed by atoms with Crippen molar-refractivity contribution in [3.05, 3.63) is 36.3 Å². The van der Waals surface area contributed by atoms with Gasteiger partial charge in [0.15, 0.2) is 17.8 Å². The van der Waals surface area contributed by atoms with Crippen LogP contribution in [0.15, 0.2) is 30.7 Å². The van der Waals surface area contributed by atoms with Gasteiger partial charge in [0.1, 0.15) is 30.9 Å². The molecule has 4 rings (SSSR count). The summed E-state index contributed by atoms with van der Waals surface area (Å²) < 4.78 is 22.0. The lowest BCUT2D eigenvalue weighted by molar-refractivity contribution is -0.138. The number of amides is 1. The van der Waals surface area contributed by atoms with Crippen molar-refractivity contribution in [3.63, 3.8) is 0 Å². The van der Waals surface area contributed by atoms with Crippen LogP contribution in [-0.4, -0.2) is 77.8 Å². The molecule has 1 aromatic carbocycles. The van der Waals surface area contributed by atoms with Crippen LogP contribution in [0.1, 0.15) is 18.9 Å². The number of nitrogens with zero attached hydrogens (tertiary/aromatic N) is 8. The largest absolute Gasteiger partial charge is 0.486 e. The Labute approximate surface area is 194 Å². The van der Waals surface area contributed by atoms with E-state index in [-0.39, 0.29) is 36.8 Å². The van der Waals surface area contributed by atoms with Gasteiger partial charge in [-0.05, 0) is 25.1 Å². The van der Waals surface area contributed by atoms with Gasteiger partial charge in [0, 0.05) is 25.1 Å². The average molecular weight is 467 g/mol. The molecule has 2 aromatic heterocycles. The maximum Gasteiger partial charge on any atom is 0.248 e. The highest BCUT2D eigenvalue weighted by molar-refractivity contribution is 5.77. The number of aliphatic hydroxyl groups is 1. The van der Waals surface area contributed by atoms with Crippen molar-refractivity contribution in [3.8, 4) is 23.2 Å². The molecular formula is C21H22FN9O3. The third kappa shape index (κ3) is 5.07. The number of rotatable bonds is 7. The Morgan fingerprint density at radius 3 is 2.97 bits per heavy atom. The molecule has 3 heterocycles. The van der Waals surface area contributed by atoms with Crippen LogP contribution < -0.4 is 10.1 Å². The number of anilines is 2. The smallest absolute Gasteiger partial charge is 0.248 e. The van der Waals surface area contributed by atoms with E-state index in [1.54, 1.807) is 29.1 Å². The van der Waals surface area contributed by atoms with Gasteiger partial charge in [-0.15, -0.1) is 5.10 Å². The number of aryl methyl sites for hydroxylation is 1. The highest BCUT2D eigenvalue weighted by atomic mass is 19.1. The molecule has 1 aliphatic heterocycles. The second kappa shape index (κ2) is 10.2. The van der Waals surface area contributed by atoms with E-state index in [1.807, 2.05) is 6.92 Å². The molecule has 0 bridgehead atoms. The van der Waals surface area contributed by atoms with Gasteiger partial charge >= 0.3 is 0 Å². The summed E-state index contributed by atoms with van der Waals surface area (Å²) in [7, 11) is 0. The van der Waals surface area contributed by atoms with Crippen LogP contribution in [0.3, 0.4) is 0 Å². The van der Waals surface area contributed by atoms with E-state index in [2.05, 4.69) is 36.7 Å². The molecule has 12 nitrogen and oxygen atoms in total. The van der Waals surface area contributed by atoms with Gasteiger partial charge in [0.05, 0.1) is 18.3 Å². The lowest BCUT2D eigenvalue weighted by Crippen LogP contribution is -2.50. The molecule has 1 unspecified atom stereocenters. The highest BCUT2D eigenvalue weighted by Crippen LogP contribution is 2.28. The van der Waals surface area contributed by atoms with Gasteiger partial charge in [0.2, 0.25) is 11.9 Å². The standard InChI is InChI=1S/C21H22FN9O3/c1-2-31-10-18(28-29-31)26-21-25-12-24-20(27-21)13-3-4-16(14(7-13)8-23)34-17-5-6-30(9-15(17)22)19(33)11-32/h3-4,7,10,12,15,17,32H,2,5-6,9,11H2,1H3,(H,24,25,26,27)/t15-,17?/m1/s1. The average Bonchev–Trinajstić information content (AvgIpc) is 3.32. The molecule has 2 N–H and O–H groups in total. The number of likely N-dealkylation sites (tertiary alicyclic amines) is 1. The molecule has 0 saturated carbocycles. The molecule has 0 radical (unpaired) electrons. The zero-order valence-electron chi connectivity index (χ0n) is 18.3. The van der Waals surface area contributed by atoms with E-state index in [1.165, 1.54) is 11.2 Å². The fraction of sp³-hybridized carbons (Fsp3) is 0.381. The van der Waals surface area contributed by atoms with Gasteiger partial charge in [0.25, 0.3) is 0 Å². The minimum atomic E-state index is -1.45. The SMILES string of the molecule is CCn1cc(Nc2ncnc(-c3ccc(OC4CCN(C(=O)CO)C[C@H]4F)c(C#N)c3)n2)nn1. The van der Waals surface area contributed by atoms with Crippen LogP contribution in [-0.2, 0) is 11.3 Å². The summed E-state index contributed by atoms with van der Waals surface area (Å²) in [6.45, 7) is 2.04. The molecular weight excluding hydrogens is 445 g/mol. The van der Waals surface area contributed by atoms with Crippen LogP contribution >= 0.6 is 0 Å². The molecule has 1 saturated heterocycles. The Morgan fingerprint density at radius 2 is 2.26 bits per heavy atom. The number of benzene rings is 1. The molecule has 2 atom stereocenters. The van der Waals surface area contributed by atoms with E-state index in [9.17, 15) is 14.4 Å². The summed E-state index contributed by atoms with van der Waals surface area (Å²) in [5, 5.41) is 29.5. The van der Waals surface area contributed by atoms with Gasteiger partial charge in [-0.2, -0.15) is 10.2 Å². The number of alkyl halides is 1. The number of aliphatic hydroxyl groups excluding tert-OH is 1. The van der Waals surface area contributed by atoms with Gasteiger partial charge < -0.3 is 20.1 Å². The minimum Gasteiger partial charge on any atom is -0.486 e. The number of ether oxygens (including phenoxy) is 1. The number of aromatic nitrogens is 6. The van der Waals surface area contributed by atoms with Crippen molar-refractivity contribution in [1.29, 1.82) is 5.26 Å². The maximum absolute atomic E-state index is 14.6. The second-order valence-electron chi connectivity index (χ2n) is 7.50. The first-order valence-corrected chi connectivity index (χ1v) is 10.6. The molecule has 176 valence electrons. The molecule has 13 heteroatoms. The van der Waals surface area contributed by atoms with Crippen molar-refractivity contribution in [1.82, 2.24) is 34.8 Å². The van der Waals surface area contributed by atoms with Crippen LogP contribution in [0, 0.1) is 11.3 Å². The number of nitrogens with one attached hydrogen (secondary N) is 1. The van der Waals surface area contributed by atoms with E-state index in [0.717, 1.165) is 0 Å². The van der Waals surface area contributed by atoms with E-state index in [4.69, 9.17) is 9.84 Å². The normalized spacial score (nSPS) is 17.8. The monoisotopic (exact) mass is 467 g/mol. The second-order valence-corrected chi connectivity index (χ2v) is 7.50. The molecule has 1 amide bonds. The Bertz CT molecular complexity index is 1210. The van der Waals surface area contributed by atoms with Gasteiger partial charge in [-0.3, -0.25) is 9.48 Å². The maximum atomic E-state index is 14.6. The summed E-state index contributed by atoms with van der Waals surface area (Å²) in [6.07, 6.45) is 1.03. The number of hydrogen-bond acceptors (Lipinski definition) is 10. The first-order chi connectivity index (χ1) is 16.5. The topological polar surface area (TPSA) is 155 Å². The van der Waals surface area contributed by atoms with Crippen LogP contribution in [0.2, 0.25) is 0 Å². The zero-order valence-corrected chi connectivity index (χ0v) is 18.3. The molecule has 0 spiro atoms. The van der Waals surface area contributed by atoms with Gasteiger partial charge in [-0.25, -0.2) is 14.4 Å². The van der Waals surface area contributed by atoms with E-state index >= 15 is 0 Å². The number of halogens is 1. The lowest BCUT2D eigenvalue weighted by Gasteiger charge is -2.34. The third-order valence-electron chi connectivity index (χ3n) is 5.28. The fourth-order valence-electron chi connectivity index (χ4n) is 3.49. The summed E-state index contributed by atoms with van der Waals surface area (Å²) in [4.78, 5) is 25.5. The number of carbonyl (C=O) groups is 1. The predicted molar refractivity (Wildman–Crippen MR) is 117 cm³/mol. The van der Waals surface area contributed by atoms with Crippen molar-refractivity contribution < 1.29 is 19.0 Å². The quantitative estimate of drug-likeness (QED) is 0.515. The Hall–Kier alpha value is -4.18. The molecule has 0 aliphatic carbocycles. The summed E-state index contributed by atoms with van der Waals surface area (Å²) in [6, 6.07) is 6.84. The Balaban J connectivity index is 1.48.